The van der Waals surface area contributed by atoms with Gasteiger partial charge in [-0.25, -0.2) is 4.21 Å². The van der Waals surface area contributed by atoms with Crippen molar-refractivity contribution in [2.45, 2.75) is 25.5 Å². The summed E-state index contributed by atoms with van der Waals surface area (Å²) < 4.78 is 15.2. The maximum Gasteiger partial charge on any atom is 0.144 e. The summed E-state index contributed by atoms with van der Waals surface area (Å²) in [5, 5.41) is 0.555. The quantitative estimate of drug-likeness (QED) is 0.751. The van der Waals surface area contributed by atoms with Crippen LogP contribution in [0.2, 0.25) is 5.02 Å². The van der Waals surface area contributed by atoms with Crippen molar-refractivity contribution in [3.05, 3.63) is 29.0 Å². The molecule has 0 unspecified atom stereocenters. The molecule has 0 aliphatic carbocycles. The smallest absolute Gasteiger partial charge is 0.144 e. The molecule has 0 saturated carbocycles. The molecule has 0 N–H and O–H groups in total. The highest BCUT2D eigenvalue weighted by atomic mass is 35.5. The van der Waals surface area contributed by atoms with Gasteiger partial charge in [-0.05, 0) is 26.8 Å². The Labute approximate surface area is 97.2 Å². The molecular formula is C10H13ClN2OS. The molecule has 0 spiro atoms. The summed E-state index contributed by atoms with van der Waals surface area (Å²) in [6.07, 6.45) is 4.68. The molecule has 0 aliphatic heterocycles. The van der Waals surface area contributed by atoms with E-state index in [1.807, 2.05) is 20.8 Å². The van der Waals surface area contributed by atoms with E-state index in [9.17, 15) is 4.21 Å². The third-order valence-corrected chi connectivity index (χ3v) is 3.30. The van der Waals surface area contributed by atoms with Crippen molar-refractivity contribution in [1.82, 2.24) is 4.98 Å². The molecular weight excluding hydrogens is 232 g/mol. The summed E-state index contributed by atoms with van der Waals surface area (Å²) >= 11 is 5.89. The van der Waals surface area contributed by atoms with Gasteiger partial charge >= 0.3 is 0 Å². The van der Waals surface area contributed by atoms with Crippen LogP contribution in [0, 0.1) is 0 Å². The fourth-order valence-corrected chi connectivity index (χ4v) is 1.43. The van der Waals surface area contributed by atoms with E-state index in [0.717, 1.165) is 0 Å². The standard InChI is InChI=1S/C10H13ClN2OS/c1-10(2,3)15(14)13-7-8-6-12-5-4-9(8)11/h4-7H,1-3H3/b13-7+/t15-/m0/s1. The van der Waals surface area contributed by atoms with E-state index < -0.39 is 11.0 Å². The molecule has 3 nitrogen and oxygen atoms in total. The van der Waals surface area contributed by atoms with Gasteiger partial charge in [0.15, 0.2) is 0 Å². The lowest BCUT2D eigenvalue weighted by molar-refractivity contribution is 0.651. The second-order valence-corrected chi connectivity index (χ2v) is 6.33. The van der Waals surface area contributed by atoms with Crippen molar-refractivity contribution >= 4 is 28.8 Å². The van der Waals surface area contributed by atoms with E-state index >= 15 is 0 Å². The van der Waals surface area contributed by atoms with Crippen molar-refractivity contribution < 1.29 is 4.21 Å². The highest BCUT2D eigenvalue weighted by molar-refractivity contribution is 7.85. The maximum atomic E-state index is 11.6. The molecule has 1 atom stereocenters. The molecule has 1 aromatic rings. The minimum atomic E-state index is -1.26. The van der Waals surface area contributed by atoms with Gasteiger partial charge in [0.25, 0.3) is 0 Å². The van der Waals surface area contributed by atoms with Crippen LogP contribution in [-0.2, 0) is 11.0 Å². The van der Waals surface area contributed by atoms with Crippen molar-refractivity contribution in [2.75, 3.05) is 0 Å². The van der Waals surface area contributed by atoms with Gasteiger partial charge in [0.2, 0.25) is 0 Å². The van der Waals surface area contributed by atoms with Gasteiger partial charge in [-0.3, -0.25) is 4.98 Å². The molecule has 1 heterocycles. The molecule has 5 heteroatoms. The average Bonchev–Trinajstić information content (AvgIpc) is 2.14. The molecule has 1 aromatic heterocycles. The predicted molar refractivity (Wildman–Crippen MR) is 64.7 cm³/mol. The van der Waals surface area contributed by atoms with Crippen molar-refractivity contribution in [3.63, 3.8) is 0 Å². The minimum Gasteiger partial charge on any atom is -0.264 e. The SMILES string of the molecule is CC(C)(C)[S@](=O)/N=C/c1cnccc1Cl. The Hall–Kier alpha value is -0.740. The second-order valence-electron chi connectivity index (χ2n) is 3.99. The van der Waals surface area contributed by atoms with E-state index in [2.05, 4.69) is 9.38 Å². The number of hydrogen-bond acceptors (Lipinski definition) is 2. The maximum absolute atomic E-state index is 11.6. The van der Waals surface area contributed by atoms with Gasteiger partial charge in [-0.1, -0.05) is 11.6 Å². The number of hydrogen-bond donors (Lipinski definition) is 0. The Morgan fingerprint density at radius 3 is 2.73 bits per heavy atom. The number of nitrogens with zero attached hydrogens (tertiary/aromatic N) is 2. The van der Waals surface area contributed by atoms with Crippen LogP contribution in [0.25, 0.3) is 0 Å². The lowest BCUT2D eigenvalue weighted by Gasteiger charge is -2.12. The molecule has 0 fully saturated rings. The summed E-state index contributed by atoms with van der Waals surface area (Å²) in [5.74, 6) is 0. The third-order valence-electron chi connectivity index (χ3n) is 1.61. The van der Waals surface area contributed by atoms with Crippen molar-refractivity contribution in [1.29, 1.82) is 0 Å². The van der Waals surface area contributed by atoms with Crippen LogP contribution < -0.4 is 0 Å². The third kappa shape index (κ3) is 3.72. The van der Waals surface area contributed by atoms with Crippen LogP contribution in [0.4, 0.5) is 0 Å². The van der Waals surface area contributed by atoms with Gasteiger partial charge in [0.1, 0.15) is 11.0 Å². The summed E-state index contributed by atoms with van der Waals surface area (Å²) in [4.78, 5) is 3.91. The molecule has 1 rings (SSSR count). The van der Waals surface area contributed by atoms with E-state index in [0.29, 0.717) is 10.6 Å². The van der Waals surface area contributed by atoms with E-state index in [1.54, 1.807) is 18.5 Å². The first-order chi connectivity index (χ1) is 6.91. The van der Waals surface area contributed by atoms with Gasteiger partial charge in [0, 0.05) is 24.2 Å². The van der Waals surface area contributed by atoms with Crippen LogP contribution >= 0.6 is 11.6 Å². The average molecular weight is 245 g/mol. The Morgan fingerprint density at radius 1 is 1.53 bits per heavy atom. The first kappa shape index (κ1) is 12.3. The van der Waals surface area contributed by atoms with Crippen LogP contribution in [0.1, 0.15) is 26.3 Å². The zero-order chi connectivity index (χ0) is 11.5. The number of pyridine rings is 1. The summed E-state index contributed by atoms with van der Waals surface area (Å²) in [6.45, 7) is 5.60. The van der Waals surface area contributed by atoms with Crippen molar-refractivity contribution in [3.8, 4) is 0 Å². The zero-order valence-electron chi connectivity index (χ0n) is 8.90. The van der Waals surface area contributed by atoms with Crippen LogP contribution in [0.5, 0.6) is 0 Å². The summed E-state index contributed by atoms with van der Waals surface area (Å²) in [7, 11) is -1.26. The highest BCUT2D eigenvalue weighted by Crippen LogP contribution is 2.14. The molecule has 15 heavy (non-hydrogen) atoms. The molecule has 0 amide bonds. The topological polar surface area (TPSA) is 42.3 Å². The number of aromatic nitrogens is 1. The Bertz CT molecular complexity index is 399. The molecule has 0 aromatic carbocycles. The fourth-order valence-electron chi connectivity index (χ4n) is 0.747. The summed E-state index contributed by atoms with van der Waals surface area (Å²) in [6, 6.07) is 1.67. The first-order valence-electron chi connectivity index (χ1n) is 4.47. The Kier molecular flexibility index (Phi) is 3.99. The van der Waals surface area contributed by atoms with E-state index in [-0.39, 0.29) is 4.75 Å². The van der Waals surface area contributed by atoms with Crippen LogP contribution in [0.3, 0.4) is 0 Å². The lowest BCUT2D eigenvalue weighted by Crippen LogP contribution is -2.19. The molecule has 0 radical (unpaired) electrons. The van der Waals surface area contributed by atoms with Gasteiger partial charge < -0.3 is 0 Å². The zero-order valence-corrected chi connectivity index (χ0v) is 10.5. The Morgan fingerprint density at radius 2 is 2.20 bits per heavy atom. The van der Waals surface area contributed by atoms with Gasteiger partial charge in [0.05, 0.1) is 9.77 Å². The lowest BCUT2D eigenvalue weighted by atomic mass is 10.3. The largest absolute Gasteiger partial charge is 0.264 e. The van der Waals surface area contributed by atoms with Crippen LogP contribution in [-0.4, -0.2) is 20.2 Å². The van der Waals surface area contributed by atoms with E-state index in [1.165, 1.54) is 6.21 Å². The van der Waals surface area contributed by atoms with Gasteiger partial charge in [-0.2, -0.15) is 4.40 Å². The number of halogens is 1. The molecule has 0 aliphatic rings. The minimum absolute atomic E-state index is 0.356. The fraction of sp³-hybridized carbons (Fsp3) is 0.400. The summed E-state index contributed by atoms with van der Waals surface area (Å²) in [5.41, 5.74) is 0.678. The highest BCUT2D eigenvalue weighted by Gasteiger charge is 2.18. The molecule has 0 saturated heterocycles. The molecule has 82 valence electrons. The monoisotopic (exact) mass is 244 g/mol. The Balaban J connectivity index is 2.84. The second kappa shape index (κ2) is 4.86. The van der Waals surface area contributed by atoms with Crippen molar-refractivity contribution in [2.24, 2.45) is 4.40 Å². The number of rotatable bonds is 2. The van der Waals surface area contributed by atoms with Crippen LogP contribution in [0.15, 0.2) is 22.9 Å². The van der Waals surface area contributed by atoms with E-state index in [4.69, 9.17) is 11.6 Å². The van der Waals surface area contributed by atoms with Gasteiger partial charge in [-0.15, -0.1) is 0 Å². The normalized spacial score (nSPS) is 14.4. The first-order valence-corrected chi connectivity index (χ1v) is 5.95. The predicted octanol–water partition coefficient (Wildman–Crippen LogP) is 2.62. The molecule has 0 bridgehead atoms.